The molecule has 1 aliphatic rings. The Morgan fingerprint density at radius 3 is 2.86 bits per heavy atom. The van der Waals surface area contributed by atoms with Crippen LogP contribution in [0.15, 0.2) is 0 Å². The molecule has 1 aliphatic carbocycles. The number of carboxylic acid groups (broad SMARTS) is 1. The molecule has 0 saturated heterocycles. The predicted octanol–water partition coefficient (Wildman–Crippen LogP) is 0.866. The Kier molecular flexibility index (Phi) is 4.90. The van der Waals surface area contributed by atoms with Crippen LogP contribution in [0.4, 0.5) is 0 Å². The number of carbonyl (C=O) groups is 1. The van der Waals surface area contributed by atoms with Gasteiger partial charge < -0.3 is 15.2 Å². The van der Waals surface area contributed by atoms with Crippen molar-refractivity contribution in [3.63, 3.8) is 0 Å². The van der Waals surface area contributed by atoms with Crippen molar-refractivity contribution >= 4 is 5.97 Å². The molecule has 0 aromatic rings. The smallest absolute Gasteiger partial charge is 0.303 e. The topological polar surface area (TPSA) is 58.6 Å². The number of hydrogen-bond acceptors (Lipinski definition) is 3. The van der Waals surface area contributed by atoms with Crippen molar-refractivity contribution in [2.45, 2.75) is 31.7 Å². The maximum atomic E-state index is 10.3. The molecule has 2 N–H and O–H groups in total. The van der Waals surface area contributed by atoms with E-state index in [0.717, 1.165) is 19.1 Å². The largest absolute Gasteiger partial charge is 0.481 e. The Bertz CT molecular complexity index is 180. The normalized spacial score (nSPS) is 18.1. The van der Waals surface area contributed by atoms with E-state index in [-0.39, 0.29) is 6.42 Å². The van der Waals surface area contributed by atoms with Gasteiger partial charge >= 0.3 is 5.97 Å². The quantitative estimate of drug-likeness (QED) is 0.572. The van der Waals surface area contributed by atoms with Gasteiger partial charge in [0.1, 0.15) is 0 Å². The van der Waals surface area contributed by atoms with Crippen molar-refractivity contribution in [1.82, 2.24) is 5.32 Å². The van der Waals surface area contributed by atoms with E-state index in [1.807, 2.05) is 0 Å². The molecule has 0 aromatic heterocycles. The van der Waals surface area contributed by atoms with Crippen LogP contribution in [0.25, 0.3) is 0 Å². The summed E-state index contributed by atoms with van der Waals surface area (Å²) in [5.41, 5.74) is 0. The summed E-state index contributed by atoms with van der Waals surface area (Å²) in [4.78, 5) is 10.3. The molecule has 1 saturated carbocycles. The van der Waals surface area contributed by atoms with Gasteiger partial charge in [0, 0.05) is 19.6 Å². The number of aliphatic carboxylic acids is 1. The number of nitrogens with one attached hydrogen (secondary N) is 1. The summed E-state index contributed by atoms with van der Waals surface area (Å²) < 4.78 is 5.10. The lowest BCUT2D eigenvalue weighted by atomic mass is 10.2. The molecular formula is C10H19NO3. The molecule has 14 heavy (non-hydrogen) atoms. The van der Waals surface area contributed by atoms with Crippen molar-refractivity contribution in [2.75, 3.05) is 20.3 Å². The van der Waals surface area contributed by atoms with Crippen LogP contribution in [-0.2, 0) is 9.53 Å². The minimum absolute atomic E-state index is 0.247. The van der Waals surface area contributed by atoms with Crippen LogP contribution in [0.3, 0.4) is 0 Å². The van der Waals surface area contributed by atoms with Gasteiger partial charge in [0.25, 0.3) is 0 Å². The van der Waals surface area contributed by atoms with Gasteiger partial charge in [-0.15, -0.1) is 0 Å². The van der Waals surface area contributed by atoms with Crippen LogP contribution in [0, 0.1) is 5.92 Å². The summed E-state index contributed by atoms with van der Waals surface area (Å²) in [7, 11) is 1.70. The summed E-state index contributed by atoms with van der Waals surface area (Å²) >= 11 is 0. The lowest BCUT2D eigenvalue weighted by Gasteiger charge is -2.16. The minimum atomic E-state index is -0.721. The van der Waals surface area contributed by atoms with Gasteiger partial charge in [-0.1, -0.05) is 0 Å². The fourth-order valence-corrected chi connectivity index (χ4v) is 1.57. The third-order valence-corrected chi connectivity index (χ3v) is 2.51. The molecule has 4 heteroatoms. The zero-order chi connectivity index (χ0) is 10.4. The Morgan fingerprint density at radius 2 is 2.36 bits per heavy atom. The number of carboxylic acids is 1. The summed E-state index contributed by atoms with van der Waals surface area (Å²) in [6, 6.07) is 0.425. The van der Waals surface area contributed by atoms with Gasteiger partial charge in [0.15, 0.2) is 0 Å². The highest BCUT2D eigenvalue weighted by Gasteiger charge is 2.30. The molecule has 0 amide bonds. The first-order valence-electron chi connectivity index (χ1n) is 5.18. The minimum Gasteiger partial charge on any atom is -0.481 e. The lowest BCUT2D eigenvalue weighted by molar-refractivity contribution is -0.137. The molecule has 1 rings (SSSR count). The van der Waals surface area contributed by atoms with Crippen molar-refractivity contribution in [3.05, 3.63) is 0 Å². The first-order chi connectivity index (χ1) is 6.74. The van der Waals surface area contributed by atoms with Gasteiger partial charge in [0.2, 0.25) is 0 Å². The molecule has 0 radical (unpaired) electrons. The molecule has 0 spiro atoms. The van der Waals surface area contributed by atoms with Crippen LogP contribution in [-0.4, -0.2) is 37.4 Å². The van der Waals surface area contributed by atoms with Gasteiger partial charge in [-0.05, 0) is 31.7 Å². The van der Waals surface area contributed by atoms with E-state index in [2.05, 4.69) is 5.32 Å². The molecule has 0 aromatic carbocycles. The van der Waals surface area contributed by atoms with Crippen molar-refractivity contribution < 1.29 is 14.6 Å². The Morgan fingerprint density at radius 1 is 1.64 bits per heavy atom. The number of methoxy groups -OCH3 is 1. The van der Waals surface area contributed by atoms with E-state index in [0.29, 0.717) is 12.5 Å². The van der Waals surface area contributed by atoms with Crippen LogP contribution >= 0.6 is 0 Å². The van der Waals surface area contributed by atoms with E-state index in [1.54, 1.807) is 7.11 Å². The van der Waals surface area contributed by atoms with E-state index in [9.17, 15) is 4.79 Å². The van der Waals surface area contributed by atoms with Crippen LogP contribution < -0.4 is 5.32 Å². The Labute approximate surface area is 84.6 Å². The summed E-state index contributed by atoms with van der Waals surface area (Å²) in [5, 5.41) is 11.8. The van der Waals surface area contributed by atoms with E-state index in [1.165, 1.54) is 12.8 Å². The molecule has 4 nitrogen and oxygen atoms in total. The predicted molar refractivity (Wildman–Crippen MR) is 53.3 cm³/mol. The highest BCUT2D eigenvalue weighted by atomic mass is 16.5. The Balaban J connectivity index is 2.04. The summed E-state index contributed by atoms with van der Waals surface area (Å²) in [6.45, 7) is 1.51. The molecule has 82 valence electrons. The zero-order valence-electron chi connectivity index (χ0n) is 8.66. The van der Waals surface area contributed by atoms with Gasteiger partial charge in [-0.25, -0.2) is 0 Å². The molecule has 0 aliphatic heterocycles. The molecule has 1 unspecified atom stereocenters. The molecule has 0 bridgehead atoms. The number of ether oxygens (including phenoxy) is 1. The highest BCUT2D eigenvalue weighted by Crippen LogP contribution is 2.32. The van der Waals surface area contributed by atoms with Gasteiger partial charge in [0.05, 0.1) is 6.61 Å². The summed E-state index contributed by atoms with van der Waals surface area (Å²) in [6.07, 6.45) is 3.50. The van der Waals surface area contributed by atoms with Crippen molar-refractivity contribution in [3.8, 4) is 0 Å². The van der Waals surface area contributed by atoms with Crippen molar-refractivity contribution in [2.24, 2.45) is 5.92 Å². The zero-order valence-corrected chi connectivity index (χ0v) is 8.66. The summed E-state index contributed by atoms with van der Waals surface area (Å²) in [5.74, 6) is 0.0290. The van der Waals surface area contributed by atoms with Crippen LogP contribution in [0.1, 0.15) is 25.7 Å². The molecule has 1 fully saturated rings. The standard InChI is InChI=1S/C10H19NO3/c1-14-7-9(8-4-5-8)11-6-2-3-10(12)13/h8-9,11H,2-7H2,1H3,(H,12,13). The van der Waals surface area contributed by atoms with E-state index in [4.69, 9.17) is 9.84 Å². The van der Waals surface area contributed by atoms with Gasteiger partial charge in [-0.2, -0.15) is 0 Å². The number of hydrogen-bond donors (Lipinski definition) is 2. The first-order valence-corrected chi connectivity index (χ1v) is 5.18. The van der Waals surface area contributed by atoms with Crippen LogP contribution in [0.5, 0.6) is 0 Å². The third-order valence-electron chi connectivity index (χ3n) is 2.51. The number of rotatable bonds is 8. The highest BCUT2D eigenvalue weighted by molar-refractivity contribution is 5.66. The average molecular weight is 201 g/mol. The fraction of sp³-hybridized carbons (Fsp3) is 0.900. The van der Waals surface area contributed by atoms with Crippen molar-refractivity contribution in [1.29, 1.82) is 0 Å². The molecular weight excluding hydrogens is 182 g/mol. The monoisotopic (exact) mass is 201 g/mol. The van der Waals surface area contributed by atoms with Gasteiger partial charge in [-0.3, -0.25) is 4.79 Å². The molecule has 0 heterocycles. The third kappa shape index (κ3) is 4.58. The average Bonchev–Trinajstić information content (AvgIpc) is 2.93. The lowest BCUT2D eigenvalue weighted by Crippen LogP contribution is -2.35. The Hall–Kier alpha value is -0.610. The second-order valence-corrected chi connectivity index (χ2v) is 3.85. The maximum absolute atomic E-state index is 10.3. The maximum Gasteiger partial charge on any atom is 0.303 e. The first kappa shape index (κ1) is 11.5. The fourth-order valence-electron chi connectivity index (χ4n) is 1.57. The molecule has 1 atom stereocenters. The van der Waals surface area contributed by atoms with E-state index >= 15 is 0 Å². The SMILES string of the molecule is COCC(NCCCC(=O)O)C1CC1. The second-order valence-electron chi connectivity index (χ2n) is 3.85. The second kappa shape index (κ2) is 5.98. The van der Waals surface area contributed by atoms with Crippen LogP contribution in [0.2, 0.25) is 0 Å². The van der Waals surface area contributed by atoms with E-state index < -0.39 is 5.97 Å².